The Labute approximate surface area is 81.0 Å². The number of hydrogen-bond donors (Lipinski definition) is 2. The van der Waals surface area contributed by atoms with E-state index in [2.05, 4.69) is 9.55 Å². The molecule has 2 heterocycles. The van der Waals surface area contributed by atoms with Gasteiger partial charge in [-0.15, -0.1) is 0 Å². The number of fused-ring (bicyclic) bond motifs is 3. The highest BCUT2D eigenvalue weighted by Crippen LogP contribution is 2.25. The summed E-state index contributed by atoms with van der Waals surface area (Å²) in [4.78, 5) is 4.46. The van der Waals surface area contributed by atoms with Crippen LogP contribution in [-0.4, -0.2) is 20.7 Å². The van der Waals surface area contributed by atoms with E-state index in [0.29, 0.717) is 0 Å². The molecule has 1 aromatic heterocycles. The van der Waals surface area contributed by atoms with Crippen LogP contribution < -0.4 is 5.73 Å². The summed E-state index contributed by atoms with van der Waals surface area (Å²) in [5.74, 6) is 1.30. The molecule has 3 N–H and O–H groups in total. The molecule has 2 aromatic rings. The number of nitrogens with zero attached hydrogens (tertiary/aromatic N) is 2. The van der Waals surface area contributed by atoms with Crippen LogP contribution in [0.15, 0.2) is 18.2 Å². The molecule has 0 fully saturated rings. The van der Waals surface area contributed by atoms with E-state index in [0.717, 1.165) is 29.8 Å². The van der Waals surface area contributed by atoms with Crippen LogP contribution >= 0.6 is 0 Å². The molecular weight excluding hydrogens is 178 g/mol. The summed E-state index contributed by atoms with van der Waals surface area (Å²) in [5.41, 5.74) is 7.75. The molecule has 0 radical (unpaired) electrons. The Morgan fingerprint density at radius 1 is 1.50 bits per heavy atom. The molecular formula is C10H11N3O. The lowest BCUT2D eigenvalue weighted by molar-refractivity contribution is 0.476. The Balaban J connectivity index is 2.30. The molecule has 1 aromatic carbocycles. The molecule has 0 saturated carbocycles. The van der Waals surface area contributed by atoms with Gasteiger partial charge in [-0.1, -0.05) is 0 Å². The maximum atomic E-state index is 9.37. The van der Waals surface area contributed by atoms with Crippen molar-refractivity contribution in [2.24, 2.45) is 5.73 Å². The smallest absolute Gasteiger partial charge is 0.117 e. The average molecular weight is 189 g/mol. The van der Waals surface area contributed by atoms with Crippen molar-refractivity contribution in [2.45, 2.75) is 19.0 Å². The highest BCUT2D eigenvalue weighted by molar-refractivity contribution is 5.78. The lowest BCUT2D eigenvalue weighted by Crippen LogP contribution is -2.20. The Bertz CT molecular complexity index is 503. The SMILES string of the molecule is NC1Cc2nc3ccc(O)cc3n2C1. The molecule has 1 atom stereocenters. The summed E-state index contributed by atoms with van der Waals surface area (Å²) in [5, 5.41) is 9.37. The topological polar surface area (TPSA) is 64.1 Å². The zero-order valence-electron chi connectivity index (χ0n) is 7.64. The molecule has 0 aliphatic carbocycles. The number of hydrogen-bond acceptors (Lipinski definition) is 3. The van der Waals surface area contributed by atoms with Crippen molar-refractivity contribution in [3.05, 3.63) is 24.0 Å². The van der Waals surface area contributed by atoms with Gasteiger partial charge >= 0.3 is 0 Å². The van der Waals surface area contributed by atoms with Crippen LogP contribution in [0.25, 0.3) is 11.0 Å². The van der Waals surface area contributed by atoms with Crippen LogP contribution in [0.3, 0.4) is 0 Å². The van der Waals surface area contributed by atoms with Crippen LogP contribution in [0.4, 0.5) is 0 Å². The summed E-state index contributed by atoms with van der Waals surface area (Å²) < 4.78 is 2.08. The lowest BCUT2D eigenvalue weighted by Gasteiger charge is -2.01. The Hall–Kier alpha value is -1.55. The highest BCUT2D eigenvalue weighted by atomic mass is 16.3. The molecule has 72 valence electrons. The Morgan fingerprint density at radius 2 is 2.36 bits per heavy atom. The van der Waals surface area contributed by atoms with Crippen molar-refractivity contribution in [2.75, 3.05) is 0 Å². The number of rotatable bonds is 0. The second-order valence-electron chi connectivity index (χ2n) is 3.78. The van der Waals surface area contributed by atoms with Gasteiger partial charge in [0.05, 0.1) is 11.0 Å². The zero-order valence-corrected chi connectivity index (χ0v) is 7.64. The minimum absolute atomic E-state index is 0.171. The van der Waals surface area contributed by atoms with Gasteiger partial charge in [0.15, 0.2) is 0 Å². The molecule has 1 unspecified atom stereocenters. The molecule has 14 heavy (non-hydrogen) atoms. The van der Waals surface area contributed by atoms with E-state index in [1.165, 1.54) is 0 Å². The van der Waals surface area contributed by atoms with Crippen molar-refractivity contribution in [1.82, 2.24) is 9.55 Å². The van der Waals surface area contributed by atoms with E-state index < -0.39 is 0 Å². The van der Waals surface area contributed by atoms with Gasteiger partial charge in [-0.2, -0.15) is 0 Å². The summed E-state index contributed by atoms with van der Waals surface area (Å²) >= 11 is 0. The van der Waals surface area contributed by atoms with Crippen LogP contribution in [0.1, 0.15) is 5.82 Å². The number of nitrogens with two attached hydrogens (primary N) is 1. The first kappa shape index (κ1) is 7.82. The second kappa shape index (κ2) is 2.48. The fourth-order valence-corrected chi connectivity index (χ4v) is 2.05. The van der Waals surface area contributed by atoms with Gasteiger partial charge in [-0.3, -0.25) is 0 Å². The first-order valence-electron chi connectivity index (χ1n) is 4.68. The van der Waals surface area contributed by atoms with Crippen LogP contribution in [0.5, 0.6) is 5.75 Å². The van der Waals surface area contributed by atoms with E-state index in [1.54, 1.807) is 12.1 Å². The molecule has 0 amide bonds. The number of benzene rings is 1. The van der Waals surface area contributed by atoms with Crippen molar-refractivity contribution in [3.63, 3.8) is 0 Å². The quantitative estimate of drug-likeness (QED) is 0.638. The summed E-state index contributed by atoms with van der Waals surface area (Å²) in [7, 11) is 0. The Kier molecular flexibility index (Phi) is 1.39. The number of phenols is 1. The van der Waals surface area contributed by atoms with Crippen LogP contribution in [0.2, 0.25) is 0 Å². The molecule has 4 nitrogen and oxygen atoms in total. The molecule has 3 rings (SSSR count). The summed E-state index contributed by atoms with van der Waals surface area (Å²) in [6.07, 6.45) is 0.829. The van der Waals surface area contributed by atoms with Crippen LogP contribution in [0, 0.1) is 0 Å². The predicted molar refractivity (Wildman–Crippen MR) is 53.1 cm³/mol. The van der Waals surface area contributed by atoms with Gasteiger partial charge in [-0.05, 0) is 12.1 Å². The van der Waals surface area contributed by atoms with E-state index in [9.17, 15) is 5.11 Å². The monoisotopic (exact) mass is 189 g/mol. The first-order valence-corrected chi connectivity index (χ1v) is 4.68. The van der Waals surface area contributed by atoms with E-state index in [4.69, 9.17) is 5.73 Å². The van der Waals surface area contributed by atoms with Gasteiger partial charge in [0.25, 0.3) is 0 Å². The number of aromatic hydroxyl groups is 1. The third-order valence-corrected chi connectivity index (χ3v) is 2.67. The second-order valence-corrected chi connectivity index (χ2v) is 3.78. The number of imidazole rings is 1. The van der Waals surface area contributed by atoms with Crippen molar-refractivity contribution in [1.29, 1.82) is 0 Å². The van der Waals surface area contributed by atoms with E-state index in [-0.39, 0.29) is 11.8 Å². The largest absolute Gasteiger partial charge is 0.508 e. The maximum Gasteiger partial charge on any atom is 0.117 e. The first-order chi connectivity index (χ1) is 6.74. The molecule has 0 saturated heterocycles. The van der Waals surface area contributed by atoms with Gasteiger partial charge in [-0.25, -0.2) is 4.98 Å². The highest BCUT2D eigenvalue weighted by Gasteiger charge is 2.21. The maximum absolute atomic E-state index is 9.37. The lowest BCUT2D eigenvalue weighted by atomic mass is 10.2. The van der Waals surface area contributed by atoms with Crippen molar-refractivity contribution >= 4 is 11.0 Å². The zero-order chi connectivity index (χ0) is 9.71. The molecule has 4 heteroatoms. The van der Waals surface area contributed by atoms with Gasteiger partial charge < -0.3 is 15.4 Å². The van der Waals surface area contributed by atoms with E-state index in [1.807, 2.05) is 6.07 Å². The fourth-order valence-electron chi connectivity index (χ4n) is 2.05. The third-order valence-electron chi connectivity index (χ3n) is 2.67. The fraction of sp³-hybridized carbons (Fsp3) is 0.300. The van der Waals surface area contributed by atoms with E-state index >= 15 is 0 Å². The predicted octanol–water partition coefficient (Wildman–Crippen LogP) is 0.625. The molecule has 1 aliphatic heterocycles. The normalized spacial score (nSPS) is 20.2. The number of aromatic nitrogens is 2. The average Bonchev–Trinajstić information content (AvgIpc) is 2.62. The molecule has 0 bridgehead atoms. The van der Waals surface area contributed by atoms with Crippen molar-refractivity contribution < 1.29 is 5.11 Å². The molecule has 0 spiro atoms. The Morgan fingerprint density at radius 3 is 3.21 bits per heavy atom. The third kappa shape index (κ3) is 0.943. The number of phenolic OH excluding ortho intramolecular Hbond substituents is 1. The molecule has 1 aliphatic rings. The van der Waals surface area contributed by atoms with Gasteiger partial charge in [0, 0.05) is 25.1 Å². The van der Waals surface area contributed by atoms with Gasteiger partial charge in [0.2, 0.25) is 0 Å². The standard InChI is InChI=1S/C10H11N3O/c11-6-3-10-12-8-2-1-7(14)4-9(8)13(10)5-6/h1-2,4,6,14H,3,5,11H2. The van der Waals surface area contributed by atoms with Crippen LogP contribution in [-0.2, 0) is 13.0 Å². The minimum atomic E-state index is 0.171. The summed E-state index contributed by atoms with van der Waals surface area (Å²) in [6, 6.07) is 5.40. The van der Waals surface area contributed by atoms with Crippen molar-refractivity contribution in [3.8, 4) is 5.75 Å². The van der Waals surface area contributed by atoms with Gasteiger partial charge in [0.1, 0.15) is 11.6 Å². The summed E-state index contributed by atoms with van der Waals surface area (Å²) in [6.45, 7) is 0.801. The minimum Gasteiger partial charge on any atom is -0.508 e.